The summed E-state index contributed by atoms with van der Waals surface area (Å²) in [6, 6.07) is 0. The van der Waals surface area contributed by atoms with Crippen molar-refractivity contribution in [2.24, 2.45) is 0 Å². The predicted octanol–water partition coefficient (Wildman–Crippen LogP) is 2.47. The monoisotopic (exact) mass is 196 g/mol. The fourth-order valence-electron chi connectivity index (χ4n) is 0.514. The predicted molar refractivity (Wildman–Crippen MR) is 45.6 cm³/mol. The molecule has 1 N–H and O–H groups in total. The van der Waals surface area contributed by atoms with Gasteiger partial charge >= 0.3 is 6.95 Å². The zero-order valence-electron chi connectivity index (χ0n) is 5.94. The number of rotatable bonds is 5. The summed E-state index contributed by atoms with van der Waals surface area (Å²) in [6.07, 6.45) is 2.83. The second kappa shape index (κ2) is 4.73. The van der Waals surface area contributed by atoms with Crippen LogP contribution in [0.2, 0.25) is 0 Å². The first-order valence-electron chi connectivity index (χ1n) is 2.94. The third-order valence-corrected chi connectivity index (χ3v) is 1.70. The van der Waals surface area contributed by atoms with Crippen molar-refractivity contribution in [2.75, 3.05) is 0 Å². The van der Waals surface area contributed by atoms with Crippen LogP contribution in [0.15, 0.2) is 25.3 Å². The average Bonchev–Trinajstić information content (AvgIpc) is 1.84. The van der Waals surface area contributed by atoms with Crippen LogP contribution in [0.25, 0.3) is 0 Å². The van der Waals surface area contributed by atoms with E-state index in [0.717, 1.165) is 0 Å². The maximum atomic E-state index is 10.5. The normalized spacial score (nSPS) is 18.4. The summed E-state index contributed by atoms with van der Waals surface area (Å²) in [6.45, 7) is 2.92. The van der Waals surface area contributed by atoms with E-state index in [1.54, 1.807) is 6.08 Å². The third kappa shape index (κ3) is 6.32. The van der Waals surface area contributed by atoms with Gasteiger partial charge in [0.05, 0.1) is 6.10 Å². The first kappa shape index (κ1) is 10.9. The van der Waals surface area contributed by atoms with Crippen molar-refractivity contribution >= 4 is 18.2 Å². The molecule has 1 unspecified atom stereocenters. The summed E-state index contributed by atoms with van der Waals surface area (Å²) in [7, 11) is 0. The Balaban J connectivity index is 3.97. The van der Waals surface area contributed by atoms with Crippen molar-refractivity contribution in [3.8, 4) is 0 Å². The molecule has 0 saturated carbocycles. The van der Waals surface area contributed by atoms with Gasteiger partial charge in [0.25, 0.3) is 0 Å². The molecular formula is C6H10ClO3P. The van der Waals surface area contributed by atoms with E-state index in [4.69, 9.17) is 16.1 Å². The van der Waals surface area contributed by atoms with E-state index in [-0.39, 0.29) is 0 Å². The fourth-order valence-corrected chi connectivity index (χ4v) is 1.33. The summed E-state index contributed by atoms with van der Waals surface area (Å²) in [5.41, 5.74) is 0. The van der Waals surface area contributed by atoms with Crippen LogP contribution in [0.3, 0.4) is 0 Å². The molecule has 0 radical (unpaired) electrons. The van der Waals surface area contributed by atoms with Crippen LogP contribution in [0.1, 0.15) is 6.42 Å². The van der Waals surface area contributed by atoms with Gasteiger partial charge in [-0.1, -0.05) is 12.2 Å². The second-order valence-electron chi connectivity index (χ2n) is 1.86. The molecule has 11 heavy (non-hydrogen) atoms. The molecule has 0 bridgehead atoms. The van der Waals surface area contributed by atoms with Gasteiger partial charge in [-0.2, -0.15) is 0 Å². The van der Waals surface area contributed by atoms with Gasteiger partial charge in [-0.05, 0) is 6.42 Å². The molecule has 0 aliphatic rings. The zero-order valence-corrected chi connectivity index (χ0v) is 7.59. The summed E-state index contributed by atoms with van der Waals surface area (Å²) < 4.78 is 15.0. The highest BCUT2D eigenvalue weighted by molar-refractivity contribution is 7.80. The molecule has 0 amide bonds. The van der Waals surface area contributed by atoms with E-state index in [0.29, 0.717) is 6.42 Å². The van der Waals surface area contributed by atoms with E-state index in [1.165, 1.54) is 6.08 Å². The van der Waals surface area contributed by atoms with Gasteiger partial charge in [-0.3, -0.25) is 4.52 Å². The molecule has 0 aromatic carbocycles. The van der Waals surface area contributed by atoms with Crippen molar-refractivity contribution in [1.29, 1.82) is 0 Å². The van der Waals surface area contributed by atoms with Gasteiger partial charge in [0.1, 0.15) is 0 Å². The van der Waals surface area contributed by atoms with Crippen LogP contribution in [-0.2, 0) is 9.09 Å². The highest BCUT2D eigenvalue weighted by Crippen LogP contribution is 2.49. The van der Waals surface area contributed by atoms with Crippen molar-refractivity contribution in [3.63, 3.8) is 0 Å². The topological polar surface area (TPSA) is 46.5 Å². The van der Waals surface area contributed by atoms with E-state index >= 15 is 0 Å². The standard InChI is InChI=1S/C6H10ClO3P/c1-3-5-6(4-2)10-11(7,8)9/h3-4,6H,1-2,5H2,(H,8,9)/t6-/m1/s1. The number of hydrogen-bond donors (Lipinski definition) is 1. The minimum absolute atomic E-state index is 0.417. The van der Waals surface area contributed by atoms with Gasteiger partial charge in [0, 0.05) is 11.2 Å². The van der Waals surface area contributed by atoms with Crippen molar-refractivity contribution in [1.82, 2.24) is 0 Å². The van der Waals surface area contributed by atoms with Gasteiger partial charge < -0.3 is 4.89 Å². The quantitative estimate of drug-likeness (QED) is 0.543. The molecule has 0 spiro atoms. The lowest BCUT2D eigenvalue weighted by Gasteiger charge is -2.11. The smallest absolute Gasteiger partial charge is 0.313 e. The second-order valence-corrected chi connectivity index (χ2v) is 4.25. The molecule has 0 aliphatic heterocycles. The Bertz CT molecular complexity index is 186. The third-order valence-electron chi connectivity index (χ3n) is 0.927. The Labute approximate surface area is 70.7 Å². The van der Waals surface area contributed by atoms with E-state index in [9.17, 15) is 4.57 Å². The van der Waals surface area contributed by atoms with Crippen molar-refractivity contribution in [2.45, 2.75) is 12.5 Å². The van der Waals surface area contributed by atoms with Crippen LogP contribution < -0.4 is 0 Å². The summed E-state index contributed by atoms with van der Waals surface area (Å²) >= 11 is 4.95. The largest absolute Gasteiger partial charge is 0.422 e. The molecule has 3 nitrogen and oxygen atoms in total. The molecule has 0 aromatic heterocycles. The SMILES string of the molecule is C=CC[C@@H](C=C)OP(=O)(O)Cl. The van der Waals surface area contributed by atoms with Gasteiger partial charge in [-0.25, -0.2) is 4.57 Å². The lowest BCUT2D eigenvalue weighted by atomic mass is 10.2. The van der Waals surface area contributed by atoms with E-state index in [2.05, 4.69) is 17.7 Å². The Morgan fingerprint density at radius 3 is 2.55 bits per heavy atom. The maximum Gasteiger partial charge on any atom is 0.422 e. The highest BCUT2D eigenvalue weighted by atomic mass is 35.7. The Hall–Kier alpha value is -0.0800. The Morgan fingerprint density at radius 1 is 1.73 bits per heavy atom. The van der Waals surface area contributed by atoms with Crippen LogP contribution >= 0.6 is 18.2 Å². The molecule has 64 valence electrons. The van der Waals surface area contributed by atoms with Crippen LogP contribution in [0.4, 0.5) is 0 Å². The van der Waals surface area contributed by atoms with Crippen molar-refractivity contribution in [3.05, 3.63) is 25.3 Å². The first-order chi connectivity index (χ1) is 4.99. The van der Waals surface area contributed by atoms with Gasteiger partial charge in [0.15, 0.2) is 0 Å². The number of hydrogen-bond acceptors (Lipinski definition) is 2. The molecule has 0 rings (SSSR count). The molecule has 5 heteroatoms. The molecule has 0 saturated heterocycles. The fraction of sp³-hybridized carbons (Fsp3) is 0.333. The first-order valence-corrected chi connectivity index (χ1v) is 5.42. The Kier molecular flexibility index (Phi) is 4.69. The van der Waals surface area contributed by atoms with Crippen molar-refractivity contribution < 1.29 is 14.0 Å². The maximum absolute atomic E-state index is 10.5. The molecule has 0 heterocycles. The Morgan fingerprint density at radius 2 is 2.27 bits per heavy atom. The molecule has 0 aromatic rings. The van der Waals surface area contributed by atoms with Crippen LogP contribution in [0, 0.1) is 0 Å². The molecule has 0 aliphatic carbocycles. The molecule has 2 atom stereocenters. The van der Waals surface area contributed by atoms with Gasteiger partial charge in [-0.15, -0.1) is 13.2 Å². The lowest BCUT2D eigenvalue weighted by Crippen LogP contribution is -2.04. The lowest BCUT2D eigenvalue weighted by molar-refractivity contribution is 0.225. The minimum Gasteiger partial charge on any atom is -0.313 e. The van der Waals surface area contributed by atoms with E-state index < -0.39 is 13.1 Å². The molecule has 0 fully saturated rings. The van der Waals surface area contributed by atoms with E-state index in [1.807, 2.05) is 0 Å². The average molecular weight is 197 g/mol. The van der Waals surface area contributed by atoms with Gasteiger partial charge in [0.2, 0.25) is 0 Å². The summed E-state index contributed by atoms with van der Waals surface area (Å²) in [4.78, 5) is 8.56. The van der Waals surface area contributed by atoms with Crippen LogP contribution in [-0.4, -0.2) is 11.0 Å². The van der Waals surface area contributed by atoms with Crippen LogP contribution in [0.5, 0.6) is 0 Å². The molecular weight excluding hydrogens is 186 g/mol. The summed E-state index contributed by atoms with van der Waals surface area (Å²) in [5, 5.41) is 0. The zero-order chi connectivity index (χ0) is 8.91. The highest BCUT2D eigenvalue weighted by Gasteiger charge is 2.18. The number of halogens is 1. The minimum atomic E-state index is -3.91. The summed E-state index contributed by atoms with van der Waals surface area (Å²) in [5.74, 6) is 0.